The van der Waals surface area contributed by atoms with Crippen LogP contribution in [0, 0.1) is 6.92 Å². The maximum Gasteiger partial charge on any atom is 0.0766 e. The van der Waals surface area contributed by atoms with Crippen LogP contribution in [0.15, 0.2) is 28.7 Å². The van der Waals surface area contributed by atoms with E-state index in [0.717, 1.165) is 35.8 Å². The lowest BCUT2D eigenvalue weighted by atomic mass is 9.99. The van der Waals surface area contributed by atoms with Crippen molar-refractivity contribution < 1.29 is 0 Å². The maximum absolute atomic E-state index is 6.33. The Bertz CT molecular complexity index is 604. The highest BCUT2D eigenvalue weighted by molar-refractivity contribution is 9.10. The summed E-state index contributed by atoms with van der Waals surface area (Å²) in [6.45, 7) is 4.28. The van der Waals surface area contributed by atoms with Crippen molar-refractivity contribution >= 4 is 15.9 Å². The highest BCUT2D eigenvalue weighted by Crippen LogP contribution is 2.23. The van der Waals surface area contributed by atoms with Crippen LogP contribution in [0.1, 0.15) is 35.9 Å². The molecule has 2 aromatic rings. The van der Waals surface area contributed by atoms with Crippen LogP contribution >= 0.6 is 15.9 Å². The lowest BCUT2D eigenvalue weighted by molar-refractivity contribution is 0.576. The minimum atomic E-state index is 0.154. The molecule has 0 bridgehead atoms. The summed E-state index contributed by atoms with van der Waals surface area (Å²) in [6.07, 6.45) is 3.82. The van der Waals surface area contributed by atoms with E-state index in [1.807, 2.05) is 11.7 Å². The lowest BCUT2D eigenvalue weighted by Crippen LogP contribution is -2.25. The van der Waals surface area contributed by atoms with E-state index in [9.17, 15) is 0 Å². The first-order chi connectivity index (χ1) is 10.0. The number of nitrogens with zero attached hydrogens (tertiary/aromatic N) is 2. The molecule has 0 aliphatic heterocycles. The number of halogens is 1. The third-order valence-corrected chi connectivity index (χ3v) is 4.92. The number of hydrogen-bond acceptors (Lipinski definition) is 2. The summed E-state index contributed by atoms with van der Waals surface area (Å²) in [5, 5.41) is 4.53. The molecule has 0 radical (unpaired) electrons. The van der Waals surface area contributed by atoms with Crippen LogP contribution in [0.25, 0.3) is 0 Å². The third-order valence-electron chi connectivity index (χ3n) is 4.00. The van der Waals surface area contributed by atoms with Crippen molar-refractivity contribution in [3.8, 4) is 0 Å². The van der Waals surface area contributed by atoms with Gasteiger partial charge in [0.2, 0.25) is 0 Å². The maximum atomic E-state index is 6.33. The molecule has 0 saturated carbocycles. The van der Waals surface area contributed by atoms with Crippen molar-refractivity contribution in [2.75, 3.05) is 0 Å². The predicted molar refractivity (Wildman–Crippen MR) is 91.5 cm³/mol. The smallest absolute Gasteiger partial charge is 0.0766 e. The van der Waals surface area contributed by atoms with Crippen molar-refractivity contribution in [1.82, 2.24) is 9.78 Å². The van der Waals surface area contributed by atoms with Gasteiger partial charge in [-0.1, -0.05) is 31.2 Å². The Morgan fingerprint density at radius 3 is 2.67 bits per heavy atom. The molecular weight excluding hydrogens is 326 g/mol. The second-order valence-corrected chi connectivity index (χ2v) is 6.41. The monoisotopic (exact) mass is 349 g/mol. The molecule has 3 nitrogen and oxygen atoms in total. The first kappa shape index (κ1) is 16.2. The molecule has 21 heavy (non-hydrogen) atoms. The molecule has 0 amide bonds. The van der Waals surface area contributed by atoms with Gasteiger partial charge in [-0.3, -0.25) is 4.68 Å². The van der Waals surface area contributed by atoms with Crippen LogP contribution in [0.5, 0.6) is 0 Å². The van der Waals surface area contributed by atoms with E-state index >= 15 is 0 Å². The van der Waals surface area contributed by atoms with Gasteiger partial charge in [-0.25, -0.2) is 0 Å². The Hall–Kier alpha value is -1.13. The normalized spacial score (nSPS) is 12.6. The SMILES string of the molecule is CCc1nn(C)c(CC(N)CCc2ccccc2C)c1Br. The molecule has 4 heteroatoms. The van der Waals surface area contributed by atoms with Crippen molar-refractivity contribution in [2.45, 2.75) is 45.6 Å². The summed E-state index contributed by atoms with van der Waals surface area (Å²) in [4.78, 5) is 0. The van der Waals surface area contributed by atoms with E-state index in [-0.39, 0.29) is 6.04 Å². The largest absolute Gasteiger partial charge is 0.327 e. The Kier molecular flexibility index (Phi) is 5.59. The minimum absolute atomic E-state index is 0.154. The first-order valence-corrected chi connectivity index (χ1v) is 8.32. The van der Waals surface area contributed by atoms with Gasteiger partial charge in [-0.15, -0.1) is 0 Å². The number of nitrogens with two attached hydrogens (primary N) is 1. The summed E-state index contributed by atoms with van der Waals surface area (Å²) >= 11 is 3.66. The van der Waals surface area contributed by atoms with Gasteiger partial charge in [0.15, 0.2) is 0 Å². The van der Waals surface area contributed by atoms with Crippen LogP contribution in [-0.2, 0) is 26.3 Å². The zero-order chi connectivity index (χ0) is 15.4. The molecule has 1 atom stereocenters. The molecule has 2 N–H and O–H groups in total. The third kappa shape index (κ3) is 3.95. The topological polar surface area (TPSA) is 43.8 Å². The van der Waals surface area contributed by atoms with Gasteiger partial charge in [-0.05, 0) is 53.2 Å². The van der Waals surface area contributed by atoms with Crippen LogP contribution in [0.3, 0.4) is 0 Å². The second-order valence-electron chi connectivity index (χ2n) is 5.61. The fourth-order valence-corrected chi connectivity index (χ4v) is 3.40. The van der Waals surface area contributed by atoms with E-state index in [0.29, 0.717) is 0 Å². The molecule has 2 rings (SSSR count). The molecule has 1 unspecified atom stereocenters. The van der Waals surface area contributed by atoms with Gasteiger partial charge < -0.3 is 5.73 Å². The van der Waals surface area contributed by atoms with E-state index < -0.39 is 0 Å². The summed E-state index contributed by atoms with van der Waals surface area (Å²) < 4.78 is 3.08. The van der Waals surface area contributed by atoms with Gasteiger partial charge >= 0.3 is 0 Å². The zero-order valence-corrected chi connectivity index (χ0v) is 14.7. The summed E-state index contributed by atoms with van der Waals surface area (Å²) in [5.74, 6) is 0. The highest BCUT2D eigenvalue weighted by Gasteiger charge is 2.15. The molecule has 1 aromatic carbocycles. The molecule has 0 aliphatic rings. The Morgan fingerprint density at radius 2 is 2.05 bits per heavy atom. The molecular formula is C17H24BrN3. The van der Waals surface area contributed by atoms with Crippen LogP contribution in [-0.4, -0.2) is 15.8 Å². The van der Waals surface area contributed by atoms with E-state index in [1.54, 1.807) is 0 Å². The second kappa shape index (κ2) is 7.23. The molecule has 0 saturated heterocycles. The van der Waals surface area contributed by atoms with Crippen molar-refractivity contribution in [3.63, 3.8) is 0 Å². The zero-order valence-electron chi connectivity index (χ0n) is 13.1. The molecule has 0 aliphatic carbocycles. The van der Waals surface area contributed by atoms with Gasteiger partial charge in [0.25, 0.3) is 0 Å². The Labute approximate surface area is 135 Å². The first-order valence-electron chi connectivity index (χ1n) is 7.53. The fourth-order valence-electron chi connectivity index (χ4n) is 2.62. The summed E-state index contributed by atoms with van der Waals surface area (Å²) in [7, 11) is 1.99. The predicted octanol–water partition coefficient (Wildman–Crippen LogP) is 3.56. The number of aromatic nitrogens is 2. The molecule has 1 aromatic heterocycles. The van der Waals surface area contributed by atoms with Gasteiger partial charge in [0.05, 0.1) is 15.9 Å². The lowest BCUT2D eigenvalue weighted by Gasteiger charge is -2.13. The number of rotatable bonds is 6. The Balaban J connectivity index is 1.98. The van der Waals surface area contributed by atoms with Gasteiger partial charge in [0, 0.05) is 19.5 Å². The number of hydrogen-bond donors (Lipinski definition) is 1. The van der Waals surface area contributed by atoms with Crippen molar-refractivity contribution in [1.29, 1.82) is 0 Å². The summed E-state index contributed by atoms with van der Waals surface area (Å²) in [6, 6.07) is 8.68. The average Bonchev–Trinajstić information content (AvgIpc) is 2.74. The summed E-state index contributed by atoms with van der Waals surface area (Å²) in [5.41, 5.74) is 11.4. The van der Waals surface area contributed by atoms with E-state index in [4.69, 9.17) is 5.73 Å². The van der Waals surface area contributed by atoms with E-state index in [1.165, 1.54) is 16.8 Å². The van der Waals surface area contributed by atoms with Crippen LogP contribution in [0.4, 0.5) is 0 Å². The van der Waals surface area contributed by atoms with Crippen molar-refractivity contribution in [3.05, 3.63) is 51.3 Å². The minimum Gasteiger partial charge on any atom is -0.327 e. The Morgan fingerprint density at radius 1 is 1.33 bits per heavy atom. The average molecular weight is 350 g/mol. The standard InChI is InChI=1S/C17H24BrN3/c1-4-15-17(18)16(21(3)20-15)11-14(19)10-9-13-8-6-5-7-12(13)2/h5-8,14H,4,9-11,19H2,1-3H3. The molecule has 0 fully saturated rings. The molecule has 0 spiro atoms. The highest BCUT2D eigenvalue weighted by atomic mass is 79.9. The van der Waals surface area contributed by atoms with Gasteiger partial charge in [0.1, 0.15) is 0 Å². The van der Waals surface area contributed by atoms with E-state index in [2.05, 4.69) is 59.1 Å². The van der Waals surface area contributed by atoms with Crippen LogP contribution in [0.2, 0.25) is 0 Å². The van der Waals surface area contributed by atoms with Crippen molar-refractivity contribution in [2.24, 2.45) is 12.8 Å². The molecule has 1 heterocycles. The fraction of sp³-hybridized carbons (Fsp3) is 0.471. The van der Waals surface area contributed by atoms with Crippen LogP contribution < -0.4 is 5.73 Å². The quantitative estimate of drug-likeness (QED) is 0.866. The van der Waals surface area contributed by atoms with Gasteiger partial charge in [-0.2, -0.15) is 5.10 Å². The molecule has 114 valence electrons. The number of benzene rings is 1. The number of aryl methyl sites for hydroxylation is 4.